The first-order valence-electron chi connectivity index (χ1n) is 5.49. The molecule has 80 valence electrons. The van der Waals surface area contributed by atoms with Crippen LogP contribution in [0, 0.1) is 11.7 Å². The van der Waals surface area contributed by atoms with Crippen LogP contribution >= 0.6 is 0 Å². The number of nitrogens with one attached hydrogen (secondary N) is 1. The van der Waals surface area contributed by atoms with E-state index in [9.17, 15) is 4.39 Å². The summed E-state index contributed by atoms with van der Waals surface area (Å²) >= 11 is 0. The van der Waals surface area contributed by atoms with Crippen LogP contribution in [0.3, 0.4) is 0 Å². The lowest BCUT2D eigenvalue weighted by atomic mass is 9.97. The van der Waals surface area contributed by atoms with Crippen molar-refractivity contribution in [3.05, 3.63) is 41.7 Å². The van der Waals surface area contributed by atoms with E-state index in [1.54, 1.807) is 12.1 Å². The summed E-state index contributed by atoms with van der Waals surface area (Å²) in [5, 5.41) is 3.33. The quantitative estimate of drug-likeness (QED) is 0.782. The third-order valence-electron chi connectivity index (χ3n) is 2.79. The highest BCUT2D eigenvalue weighted by atomic mass is 19.1. The molecule has 2 rings (SSSR count). The lowest BCUT2D eigenvalue weighted by molar-refractivity contribution is 0.438. The molecule has 1 aromatic carbocycles. The highest BCUT2D eigenvalue weighted by Gasteiger charge is 2.08. The van der Waals surface area contributed by atoms with E-state index < -0.39 is 0 Å². The summed E-state index contributed by atoms with van der Waals surface area (Å²) in [4.78, 5) is 0. The fourth-order valence-corrected chi connectivity index (χ4v) is 1.89. The van der Waals surface area contributed by atoms with Crippen LogP contribution in [0.1, 0.15) is 18.4 Å². The number of hydrogen-bond acceptors (Lipinski definition) is 1. The van der Waals surface area contributed by atoms with E-state index >= 15 is 0 Å². The van der Waals surface area contributed by atoms with E-state index in [4.69, 9.17) is 0 Å². The predicted molar refractivity (Wildman–Crippen MR) is 61.0 cm³/mol. The number of halogens is 1. The molecule has 0 radical (unpaired) electrons. The van der Waals surface area contributed by atoms with Crippen molar-refractivity contribution in [3.63, 3.8) is 0 Å². The van der Waals surface area contributed by atoms with Gasteiger partial charge in [0.25, 0.3) is 0 Å². The summed E-state index contributed by atoms with van der Waals surface area (Å²) in [6.07, 6.45) is 6.60. The zero-order valence-corrected chi connectivity index (χ0v) is 8.75. The predicted octanol–water partition coefficient (Wildman–Crippen LogP) is 2.84. The number of benzene rings is 1. The van der Waals surface area contributed by atoms with E-state index in [0.29, 0.717) is 5.92 Å². The zero-order chi connectivity index (χ0) is 10.5. The Kier molecular flexibility index (Phi) is 3.51. The number of piperidine rings is 1. The van der Waals surface area contributed by atoms with Gasteiger partial charge >= 0.3 is 0 Å². The lowest BCUT2D eigenvalue weighted by Crippen LogP contribution is -2.26. The highest BCUT2D eigenvalue weighted by molar-refractivity contribution is 5.49. The lowest BCUT2D eigenvalue weighted by Gasteiger charge is -2.19. The van der Waals surface area contributed by atoms with Crippen molar-refractivity contribution >= 4 is 6.08 Å². The molecular weight excluding hydrogens is 189 g/mol. The molecule has 0 atom stereocenters. The van der Waals surface area contributed by atoms with Crippen molar-refractivity contribution in [1.82, 2.24) is 5.32 Å². The molecule has 0 spiro atoms. The molecule has 1 nitrogen and oxygen atoms in total. The molecule has 1 fully saturated rings. The molecule has 1 aromatic rings. The highest BCUT2D eigenvalue weighted by Crippen LogP contribution is 2.15. The molecule has 0 aliphatic carbocycles. The van der Waals surface area contributed by atoms with E-state index in [2.05, 4.69) is 11.4 Å². The maximum absolute atomic E-state index is 12.9. The van der Waals surface area contributed by atoms with Crippen molar-refractivity contribution in [2.45, 2.75) is 12.8 Å². The normalized spacial score (nSPS) is 18.5. The van der Waals surface area contributed by atoms with Crippen LogP contribution in [0.25, 0.3) is 6.08 Å². The molecule has 0 amide bonds. The molecule has 15 heavy (non-hydrogen) atoms. The maximum Gasteiger partial charge on any atom is 0.123 e. The first kappa shape index (κ1) is 10.4. The zero-order valence-electron chi connectivity index (χ0n) is 8.75. The summed E-state index contributed by atoms with van der Waals surface area (Å²) in [5.74, 6) is 0.483. The van der Waals surface area contributed by atoms with Crippen LogP contribution in [0.5, 0.6) is 0 Å². The fourth-order valence-electron chi connectivity index (χ4n) is 1.89. The van der Waals surface area contributed by atoms with Crippen LogP contribution < -0.4 is 5.32 Å². The number of rotatable bonds is 2. The molecule has 0 unspecified atom stereocenters. The Morgan fingerprint density at radius 1 is 1.27 bits per heavy atom. The Morgan fingerprint density at radius 3 is 2.80 bits per heavy atom. The summed E-state index contributed by atoms with van der Waals surface area (Å²) in [7, 11) is 0. The van der Waals surface area contributed by atoms with Gasteiger partial charge in [-0.1, -0.05) is 24.3 Å². The van der Waals surface area contributed by atoms with Gasteiger partial charge in [-0.15, -0.1) is 0 Å². The largest absolute Gasteiger partial charge is 0.317 e. The van der Waals surface area contributed by atoms with Crippen molar-refractivity contribution in [2.24, 2.45) is 5.92 Å². The summed E-state index contributed by atoms with van der Waals surface area (Å²) < 4.78 is 12.9. The number of hydrogen-bond donors (Lipinski definition) is 1. The van der Waals surface area contributed by atoms with Crippen molar-refractivity contribution < 1.29 is 4.39 Å². The summed E-state index contributed by atoms with van der Waals surface area (Å²) in [6.45, 7) is 2.19. The standard InChI is InChI=1S/C13H16FN/c14-13-3-1-2-12(10-13)5-4-11-6-8-15-9-7-11/h1-5,10-11,15H,6-9H2/b5-4+. The van der Waals surface area contributed by atoms with E-state index in [1.807, 2.05) is 12.1 Å². The van der Waals surface area contributed by atoms with Gasteiger partial charge in [-0.3, -0.25) is 0 Å². The second-order valence-corrected chi connectivity index (χ2v) is 4.00. The van der Waals surface area contributed by atoms with Gasteiger partial charge in [0, 0.05) is 0 Å². The average Bonchev–Trinajstić information content (AvgIpc) is 2.28. The van der Waals surface area contributed by atoms with E-state index in [1.165, 1.54) is 18.9 Å². The van der Waals surface area contributed by atoms with Crippen molar-refractivity contribution in [3.8, 4) is 0 Å². The Hall–Kier alpha value is -1.15. The second kappa shape index (κ2) is 5.08. The minimum atomic E-state index is -0.164. The van der Waals surface area contributed by atoms with Gasteiger partial charge in [0.1, 0.15) is 5.82 Å². The monoisotopic (exact) mass is 205 g/mol. The Balaban J connectivity index is 1.97. The Bertz CT molecular complexity index is 340. The van der Waals surface area contributed by atoms with Crippen LogP contribution in [0.15, 0.2) is 30.3 Å². The molecule has 0 aromatic heterocycles. The van der Waals surface area contributed by atoms with Gasteiger partial charge in [0.2, 0.25) is 0 Å². The first-order valence-corrected chi connectivity index (χ1v) is 5.49. The van der Waals surface area contributed by atoms with Gasteiger partial charge in [-0.25, -0.2) is 4.39 Å². The SMILES string of the molecule is Fc1cccc(/C=C/C2CCNCC2)c1. The van der Waals surface area contributed by atoms with Crippen LogP contribution in [0.2, 0.25) is 0 Å². The Labute approximate surface area is 90.0 Å². The van der Waals surface area contributed by atoms with Crippen molar-refractivity contribution in [2.75, 3.05) is 13.1 Å². The molecule has 0 saturated carbocycles. The van der Waals surface area contributed by atoms with Crippen LogP contribution in [0.4, 0.5) is 4.39 Å². The summed E-state index contributed by atoms with van der Waals surface area (Å²) in [5.41, 5.74) is 0.952. The fraction of sp³-hybridized carbons (Fsp3) is 0.385. The average molecular weight is 205 g/mol. The van der Waals surface area contributed by atoms with Crippen LogP contribution in [-0.2, 0) is 0 Å². The topological polar surface area (TPSA) is 12.0 Å². The van der Waals surface area contributed by atoms with Gasteiger partial charge in [-0.2, -0.15) is 0 Å². The van der Waals surface area contributed by atoms with Crippen molar-refractivity contribution in [1.29, 1.82) is 0 Å². The second-order valence-electron chi connectivity index (χ2n) is 4.00. The summed E-state index contributed by atoms with van der Waals surface area (Å²) in [6, 6.07) is 6.72. The first-order chi connectivity index (χ1) is 7.34. The van der Waals surface area contributed by atoms with E-state index in [0.717, 1.165) is 18.7 Å². The molecule has 1 saturated heterocycles. The van der Waals surface area contributed by atoms with Gasteiger partial charge in [0.05, 0.1) is 0 Å². The smallest absolute Gasteiger partial charge is 0.123 e. The Morgan fingerprint density at radius 2 is 2.07 bits per heavy atom. The number of allylic oxidation sites excluding steroid dienone is 1. The molecule has 2 heteroatoms. The minimum Gasteiger partial charge on any atom is -0.317 e. The molecule has 0 bridgehead atoms. The van der Waals surface area contributed by atoms with E-state index in [-0.39, 0.29) is 5.82 Å². The molecule has 1 aliphatic heterocycles. The van der Waals surface area contributed by atoms with Crippen LogP contribution in [-0.4, -0.2) is 13.1 Å². The molecule has 1 heterocycles. The molecular formula is C13H16FN. The van der Waals surface area contributed by atoms with Gasteiger partial charge < -0.3 is 5.32 Å². The van der Waals surface area contributed by atoms with Gasteiger partial charge in [-0.05, 0) is 49.5 Å². The third-order valence-corrected chi connectivity index (χ3v) is 2.79. The minimum absolute atomic E-state index is 0.164. The third kappa shape index (κ3) is 3.17. The molecule has 1 N–H and O–H groups in total. The maximum atomic E-state index is 12.9. The van der Waals surface area contributed by atoms with Gasteiger partial charge in [0.15, 0.2) is 0 Å². The molecule has 1 aliphatic rings.